The number of hydrogen-bond acceptors (Lipinski definition) is 6. The van der Waals surface area contributed by atoms with Gasteiger partial charge in [0.05, 0.1) is 18.0 Å². The van der Waals surface area contributed by atoms with Crippen LogP contribution in [-0.4, -0.2) is 77.7 Å². The first kappa shape index (κ1) is 28.2. The fourth-order valence-corrected chi connectivity index (χ4v) is 5.56. The Morgan fingerprint density at radius 2 is 1.76 bits per heavy atom. The summed E-state index contributed by atoms with van der Waals surface area (Å²) >= 11 is 6.38. The largest absolute Gasteiger partial charge is 0.351 e. The highest BCUT2D eigenvalue weighted by atomic mass is 35.5. The van der Waals surface area contributed by atoms with Gasteiger partial charge in [0, 0.05) is 84.7 Å². The lowest BCUT2D eigenvalue weighted by Crippen LogP contribution is -2.46. The number of nitrogens with one attached hydrogen (secondary N) is 1. The van der Waals surface area contributed by atoms with Crippen molar-refractivity contribution in [1.82, 2.24) is 25.1 Å². The summed E-state index contributed by atoms with van der Waals surface area (Å²) in [6.45, 7) is 6.00. The lowest BCUT2D eigenvalue weighted by Gasteiger charge is -2.32. The Kier molecular flexibility index (Phi) is 8.37. The SMILES string of the molecule is CN1CCN(CCNC(=O)c2ccc(Cc3ncc4c(n3)-c3ccc(Cl)cc3C(c3ccccc3F)=NC4)cc2)CC1. The highest BCUT2D eigenvalue weighted by Gasteiger charge is 2.23. The number of carbonyl (C=O) groups is 1. The molecule has 0 saturated carbocycles. The Bertz CT molecular complexity index is 1630. The van der Waals surface area contributed by atoms with Crippen LogP contribution in [0.25, 0.3) is 11.3 Å². The number of fused-ring (bicyclic) bond motifs is 3. The summed E-state index contributed by atoms with van der Waals surface area (Å²) in [6, 6.07) is 19.7. The predicted octanol–water partition coefficient (Wildman–Crippen LogP) is 4.86. The van der Waals surface area contributed by atoms with Crippen LogP contribution in [-0.2, 0) is 13.0 Å². The van der Waals surface area contributed by atoms with Crippen molar-refractivity contribution in [2.24, 2.45) is 4.99 Å². The van der Waals surface area contributed by atoms with Crippen LogP contribution in [0.1, 0.15) is 38.4 Å². The molecular weight excluding hydrogens is 551 g/mol. The van der Waals surface area contributed by atoms with E-state index in [4.69, 9.17) is 21.6 Å². The van der Waals surface area contributed by atoms with Crippen LogP contribution < -0.4 is 5.32 Å². The quantitative estimate of drug-likeness (QED) is 0.337. The van der Waals surface area contributed by atoms with Crippen molar-refractivity contribution in [3.05, 3.63) is 117 Å². The molecule has 3 heterocycles. The average Bonchev–Trinajstić information content (AvgIpc) is 3.15. The third kappa shape index (κ3) is 6.26. The normalized spacial score (nSPS) is 15.4. The number of carbonyl (C=O) groups excluding carboxylic acids is 1. The molecule has 9 heteroatoms. The summed E-state index contributed by atoms with van der Waals surface area (Å²) in [5.74, 6) is 0.235. The Labute approximate surface area is 250 Å². The number of amides is 1. The van der Waals surface area contributed by atoms with Crippen LogP contribution in [0.15, 0.2) is 77.9 Å². The number of halogens is 2. The third-order valence-electron chi connectivity index (χ3n) is 7.83. The van der Waals surface area contributed by atoms with E-state index in [2.05, 4.69) is 27.1 Å². The Morgan fingerprint density at radius 3 is 2.55 bits per heavy atom. The molecule has 0 unspecified atom stereocenters. The Hall–Kier alpha value is -3.98. The molecule has 1 N–H and O–H groups in total. The van der Waals surface area contributed by atoms with E-state index in [1.165, 1.54) is 6.07 Å². The van der Waals surface area contributed by atoms with Crippen molar-refractivity contribution >= 4 is 23.2 Å². The topological polar surface area (TPSA) is 73.7 Å². The summed E-state index contributed by atoms with van der Waals surface area (Å²) < 4.78 is 14.8. The Balaban J connectivity index is 1.16. The minimum atomic E-state index is -0.341. The highest BCUT2D eigenvalue weighted by Crippen LogP contribution is 2.33. The maximum atomic E-state index is 14.8. The van der Waals surface area contributed by atoms with Gasteiger partial charge in [-0.2, -0.15) is 0 Å². The van der Waals surface area contributed by atoms with E-state index < -0.39 is 0 Å². The molecule has 0 bridgehead atoms. The molecule has 1 saturated heterocycles. The zero-order valence-corrected chi connectivity index (χ0v) is 24.2. The van der Waals surface area contributed by atoms with Crippen molar-refractivity contribution in [2.75, 3.05) is 46.3 Å². The molecule has 3 aromatic carbocycles. The summed E-state index contributed by atoms with van der Waals surface area (Å²) in [5.41, 5.74) is 5.78. The monoisotopic (exact) mass is 582 g/mol. The molecule has 1 aromatic heterocycles. The molecular formula is C33H32ClFN6O. The molecule has 2 aliphatic heterocycles. The molecule has 1 amide bonds. The standard InChI is InChI=1S/C33H32ClFN6O/c1-40-14-16-41(17-15-40)13-12-36-33(42)23-8-6-22(7-9-23)18-30-37-20-24-21-38-32(27-4-2-3-5-29(27)35)28-19-25(34)10-11-26(28)31(24)39-30/h2-11,19-20H,12-18,21H2,1H3,(H,36,42). The minimum absolute atomic E-state index is 0.0714. The van der Waals surface area contributed by atoms with Gasteiger partial charge in [-0.3, -0.25) is 14.7 Å². The highest BCUT2D eigenvalue weighted by molar-refractivity contribution is 6.31. The van der Waals surface area contributed by atoms with Gasteiger partial charge in [-0.05, 0) is 49.0 Å². The second-order valence-corrected chi connectivity index (χ2v) is 11.2. The predicted molar refractivity (Wildman–Crippen MR) is 164 cm³/mol. The maximum Gasteiger partial charge on any atom is 0.251 e. The number of nitrogens with zero attached hydrogens (tertiary/aromatic N) is 5. The van der Waals surface area contributed by atoms with Crippen LogP contribution >= 0.6 is 11.6 Å². The van der Waals surface area contributed by atoms with E-state index >= 15 is 0 Å². The molecule has 0 atom stereocenters. The van der Waals surface area contributed by atoms with Crippen molar-refractivity contribution in [1.29, 1.82) is 0 Å². The van der Waals surface area contributed by atoms with Gasteiger partial charge in [0.2, 0.25) is 0 Å². The molecule has 6 rings (SSSR count). The number of piperazine rings is 1. The van der Waals surface area contributed by atoms with Gasteiger partial charge in [0.15, 0.2) is 0 Å². The molecule has 0 spiro atoms. The van der Waals surface area contributed by atoms with Crippen LogP contribution in [0.3, 0.4) is 0 Å². The minimum Gasteiger partial charge on any atom is -0.351 e. The summed E-state index contributed by atoms with van der Waals surface area (Å²) in [6.07, 6.45) is 2.30. The van der Waals surface area contributed by atoms with Gasteiger partial charge < -0.3 is 10.2 Å². The van der Waals surface area contributed by atoms with Crippen molar-refractivity contribution < 1.29 is 9.18 Å². The molecule has 1 fully saturated rings. The molecule has 0 aliphatic carbocycles. The second kappa shape index (κ2) is 12.5. The lowest BCUT2D eigenvalue weighted by atomic mass is 9.95. The zero-order chi connectivity index (χ0) is 29.1. The van der Waals surface area contributed by atoms with Crippen molar-refractivity contribution in [2.45, 2.75) is 13.0 Å². The fraction of sp³-hybridized carbons (Fsp3) is 0.273. The first-order chi connectivity index (χ1) is 20.4. The summed E-state index contributed by atoms with van der Waals surface area (Å²) in [4.78, 5) is 31.7. The van der Waals surface area contributed by atoms with Crippen LogP contribution in [0.2, 0.25) is 5.02 Å². The van der Waals surface area contributed by atoms with Crippen LogP contribution in [0, 0.1) is 5.82 Å². The number of aliphatic imine (C=N–C) groups is 1. The van der Waals surface area contributed by atoms with Crippen molar-refractivity contribution in [3.8, 4) is 11.3 Å². The maximum absolute atomic E-state index is 14.8. The van der Waals surface area contributed by atoms with E-state index in [9.17, 15) is 9.18 Å². The first-order valence-electron chi connectivity index (χ1n) is 14.2. The Morgan fingerprint density at radius 1 is 0.976 bits per heavy atom. The van der Waals surface area contributed by atoms with Gasteiger partial charge in [0.25, 0.3) is 5.91 Å². The first-order valence-corrected chi connectivity index (χ1v) is 14.5. The van der Waals surface area contributed by atoms with Crippen LogP contribution in [0.5, 0.6) is 0 Å². The molecule has 0 radical (unpaired) electrons. The number of hydrogen-bond donors (Lipinski definition) is 1. The van der Waals surface area contributed by atoms with E-state index in [1.807, 2.05) is 42.5 Å². The van der Waals surface area contributed by atoms with Gasteiger partial charge >= 0.3 is 0 Å². The number of aromatic nitrogens is 2. The molecule has 7 nitrogen and oxygen atoms in total. The molecule has 4 aromatic rings. The molecule has 42 heavy (non-hydrogen) atoms. The van der Waals surface area contributed by atoms with Crippen molar-refractivity contribution in [3.63, 3.8) is 0 Å². The number of rotatable bonds is 7. The average molecular weight is 583 g/mol. The van der Waals surface area contributed by atoms with Crippen LogP contribution in [0.4, 0.5) is 4.39 Å². The van der Waals surface area contributed by atoms with Gasteiger partial charge in [0.1, 0.15) is 11.6 Å². The second-order valence-electron chi connectivity index (χ2n) is 10.8. The summed E-state index contributed by atoms with van der Waals surface area (Å²) in [5, 5.41) is 3.58. The van der Waals surface area contributed by atoms with E-state index in [0.717, 1.165) is 60.7 Å². The number of likely N-dealkylation sites (N-methyl/N-ethyl adjacent to an activating group) is 1. The van der Waals surface area contributed by atoms with Gasteiger partial charge in [-0.25, -0.2) is 14.4 Å². The fourth-order valence-electron chi connectivity index (χ4n) is 5.39. The van der Waals surface area contributed by atoms with E-state index in [1.54, 1.807) is 24.4 Å². The van der Waals surface area contributed by atoms with Gasteiger partial charge in [-0.1, -0.05) is 41.9 Å². The molecule has 214 valence electrons. The summed E-state index contributed by atoms with van der Waals surface area (Å²) in [7, 11) is 2.14. The lowest BCUT2D eigenvalue weighted by molar-refractivity contribution is 0.0941. The zero-order valence-electron chi connectivity index (χ0n) is 23.5. The van der Waals surface area contributed by atoms with Gasteiger partial charge in [-0.15, -0.1) is 0 Å². The van der Waals surface area contributed by atoms with E-state index in [0.29, 0.717) is 47.2 Å². The molecule has 2 aliphatic rings. The number of benzene rings is 3. The van der Waals surface area contributed by atoms with E-state index in [-0.39, 0.29) is 11.7 Å². The smallest absolute Gasteiger partial charge is 0.251 e. The third-order valence-corrected chi connectivity index (χ3v) is 8.07.